The molecule has 0 saturated heterocycles. The lowest BCUT2D eigenvalue weighted by atomic mass is 10.1. The number of nitrogens with one attached hydrogen (secondary N) is 3. The molecule has 3 N–H and O–H groups in total. The number of methoxy groups -OCH3 is 2. The number of hydrogen-bond donors (Lipinski definition) is 3. The monoisotopic (exact) mass is 377 g/mol. The van der Waals surface area contributed by atoms with Crippen molar-refractivity contribution in [3.05, 3.63) is 53.7 Å². The summed E-state index contributed by atoms with van der Waals surface area (Å²) in [7, 11) is 3.14. The lowest BCUT2D eigenvalue weighted by Crippen LogP contribution is -2.20. The molecule has 2 amide bonds. The molecule has 0 radical (unpaired) electrons. The van der Waals surface area contributed by atoms with Crippen LogP contribution in [0.2, 0.25) is 0 Å². The maximum absolute atomic E-state index is 12.5. The molecule has 1 aromatic heterocycles. The Balaban J connectivity index is 1.89. The van der Waals surface area contributed by atoms with Crippen LogP contribution >= 0.6 is 0 Å². The van der Waals surface area contributed by atoms with Gasteiger partial charge in [-0.3, -0.25) is 5.10 Å². The summed E-state index contributed by atoms with van der Waals surface area (Å²) in [4.78, 5) is 12.5. The first kappa shape index (κ1) is 18.8. The number of urea groups is 1. The topological polar surface area (TPSA) is 112 Å². The molecule has 0 aliphatic rings. The zero-order chi connectivity index (χ0) is 20.1. The van der Waals surface area contributed by atoms with Gasteiger partial charge in [0.1, 0.15) is 17.2 Å². The minimum absolute atomic E-state index is 0.456. The van der Waals surface area contributed by atoms with Gasteiger partial charge in [0, 0.05) is 11.3 Å². The summed E-state index contributed by atoms with van der Waals surface area (Å²) in [6.07, 6.45) is 0. The largest absolute Gasteiger partial charge is 0.497 e. The second-order valence-corrected chi connectivity index (χ2v) is 5.91. The van der Waals surface area contributed by atoms with Crippen molar-refractivity contribution in [3.8, 4) is 28.8 Å². The number of nitriles is 1. The van der Waals surface area contributed by atoms with Gasteiger partial charge in [-0.1, -0.05) is 6.07 Å². The van der Waals surface area contributed by atoms with Crippen LogP contribution in [0.4, 0.5) is 16.2 Å². The van der Waals surface area contributed by atoms with E-state index >= 15 is 0 Å². The molecular formula is C20H19N5O3. The van der Waals surface area contributed by atoms with E-state index in [2.05, 4.69) is 20.8 Å². The highest BCUT2D eigenvalue weighted by Gasteiger charge is 2.19. The van der Waals surface area contributed by atoms with E-state index in [1.54, 1.807) is 63.6 Å². The molecule has 0 aliphatic carbocycles. The fourth-order valence-corrected chi connectivity index (χ4v) is 2.72. The molecule has 3 rings (SSSR count). The molecule has 142 valence electrons. The van der Waals surface area contributed by atoms with Crippen LogP contribution in [0.25, 0.3) is 11.3 Å². The quantitative estimate of drug-likeness (QED) is 0.624. The van der Waals surface area contributed by atoms with Crippen molar-refractivity contribution in [3.63, 3.8) is 0 Å². The smallest absolute Gasteiger partial charge is 0.323 e. The standard InChI is InChI=1S/C20H19N5O3/c1-12-18(23-20(26)22-14-6-4-5-13(9-14)11-21)19(25-24-12)16-10-15(27-2)7-8-17(16)28-3/h4-10H,1-3H3,(H,24,25)(H2,22,23,26). The van der Waals surface area contributed by atoms with Crippen molar-refractivity contribution in [1.29, 1.82) is 5.26 Å². The molecule has 0 bridgehead atoms. The second kappa shape index (κ2) is 8.14. The van der Waals surface area contributed by atoms with E-state index in [0.29, 0.717) is 45.4 Å². The van der Waals surface area contributed by atoms with Crippen molar-refractivity contribution < 1.29 is 14.3 Å². The first-order chi connectivity index (χ1) is 13.5. The number of aryl methyl sites for hydroxylation is 1. The first-order valence-corrected chi connectivity index (χ1v) is 8.41. The predicted octanol–water partition coefficient (Wildman–Crippen LogP) is 3.92. The summed E-state index contributed by atoms with van der Waals surface area (Å²) < 4.78 is 10.7. The number of benzene rings is 2. The van der Waals surface area contributed by atoms with E-state index in [1.165, 1.54) is 0 Å². The van der Waals surface area contributed by atoms with Gasteiger partial charge in [-0.15, -0.1) is 0 Å². The zero-order valence-electron chi connectivity index (χ0n) is 15.7. The lowest BCUT2D eigenvalue weighted by Gasteiger charge is -2.12. The number of rotatable bonds is 5. The molecule has 0 atom stereocenters. The molecule has 8 heteroatoms. The van der Waals surface area contributed by atoms with Gasteiger partial charge < -0.3 is 20.1 Å². The number of aromatic amines is 1. The van der Waals surface area contributed by atoms with Crippen LogP contribution in [-0.2, 0) is 0 Å². The third-order valence-corrected chi connectivity index (χ3v) is 4.10. The Hall–Kier alpha value is -3.99. The van der Waals surface area contributed by atoms with Gasteiger partial charge in [-0.25, -0.2) is 4.79 Å². The average Bonchev–Trinajstić information content (AvgIpc) is 3.07. The Bertz CT molecular complexity index is 1050. The van der Waals surface area contributed by atoms with Crippen LogP contribution in [0, 0.1) is 18.3 Å². The molecule has 0 spiro atoms. The number of aromatic nitrogens is 2. The summed E-state index contributed by atoms with van der Waals surface area (Å²) in [5, 5.41) is 21.7. The van der Waals surface area contributed by atoms with Crippen molar-refractivity contribution in [1.82, 2.24) is 10.2 Å². The van der Waals surface area contributed by atoms with Gasteiger partial charge in [0.2, 0.25) is 0 Å². The third kappa shape index (κ3) is 3.88. The van der Waals surface area contributed by atoms with Crippen LogP contribution in [0.1, 0.15) is 11.3 Å². The number of ether oxygens (including phenoxy) is 2. The van der Waals surface area contributed by atoms with Gasteiger partial charge in [0.15, 0.2) is 0 Å². The molecule has 28 heavy (non-hydrogen) atoms. The third-order valence-electron chi connectivity index (χ3n) is 4.10. The summed E-state index contributed by atoms with van der Waals surface area (Å²) in [6, 6.07) is 13.6. The van der Waals surface area contributed by atoms with Crippen LogP contribution in [-0.4, -0.2) is 30.4 Å². The van der Waals surface area contributed by atoms with Crippen LogP contribution in [0.5, 0.6) is 11.5 Å². The van der Waals surface area contributed by atoms with Crippen molar-refractivity contribution in [2.45, 2.75) is 6.92 Å². The van der Waals surface area contributed by atoms with Crippen molar-refractivity contribution >= 4 is 17.4 Å². The molecule has 0 unspecified atom stereocenters. The summed E-state index contributed by atoms with van der Waals surface area (Å²) in [5.41, 5.74) is 3.36. The number of anilines is 2. The Morgan fingerprint density at radius 3 is 2.68 bits per heavy atom. The normalized spacial score (nSPS) is 10.1. The number of amides is 2. The molecule has 0 fully saturated rings. The minimum Gasteiger partial charge on any atom is -0.497 e. The molecule has 0 aliphatic heterocycles. The Morgan fingerprint density at radius 2 is 1.96 bits per heavy atom. The number of nitrogens with zero attached hydrogens (tertiary/aromatic N) is 2. The summed E-state index contributed by atoms with van der Waals surface area (Å²) >= 11 is 0. The van der Waals surface area contributed by atoms with Crippen LogP contribution in [0.3, 0.4) is 0 Å². The van der Waals surface area contributed by atoms with E-state index in [0.717, 1.165) is 0 Å². The summed E-state index contributed by atoms with van der Waals surface area (Å²) in [6.45, 7) is 1.80. The van der Waals surface area contributed by atoms with E-state index in [1.807, 2.05) is 6.07 Å². The van der Waals surface area contributed by atoms with Gasteiger partial charge in [0.25, 0.3) is 0 Å². The predicted molar refractivity (Wildman–Crippen MR) is 106 cm³/mol. The number of hydrogen-bond acceptors (Lipinski definition) is 5. The number of H-pyrrole nitrogens is 1. The highest BCUT2D eigenvalue weighted by molar-refractivity contribution is 6.02. The van der Waals surface area contributed by atoms with Gasteiger partial charge in [-0.05, 0) is 43.3 Å². The van der Waals surface area contributed by atoms with E-state index in [4.69, 9.17) is 14.7 Å². The molecule has 8 nitrogen and oxygen atoms in total. The highest BCUT2D eigenvalue weighted by Crippen LogP contribution is 2.37. The molecule has 3 aromatic rings. The van der Waals surface area contributed by atoms with E-state index in [9.17, 15) is 4.79 Å². The average molecular weight is 377 g/mol. The minimum atomic E-state index is -0.456. The Morgan fingerprint density at radius 1 is 1.14 bits per heavy atom. The number of carbonyl (C=O) groups is 1. The fraction of sp³-hybridized carbons (Fsp3) is 0.150. The van der Waals surface area contributed by atoms with Crippen LogP contribution in [0.15, 0.2) is 42.5 Å². The Labute approximate surface area is 162 Å². The van der Waals surface area contributed by atoms with Gasteiger partial charge in [0.05, 0.1) is 37.2 Å². The van der Waals surface area contributed by atoms with Gasteiger partial charge in [-0.2, -0.15) is 10.4 Å². The maximum Gasteiger partial charge on any atom is 0.323 e. The molecule has 0 saturated carbocycles. The van der Waals surface area contributed by atoms with E-state index < -0.39 is 6.03 Å². The van der Waals surface area contributed by atoms with Crippen molar-refractivity contribution in [2.75, 3.05) is 24.9 Å². The first-order valence-electron chi connectivity index (χ1n) is 8.41. The van der Waals surface area contributed by atoms with Crippen molar-refractivity contribution in [2.24, 2.45) is 0 Å². The lowest BCUT2D eigenvalue weighted by molar-refractivity contribution is 0.262. The van der Waals surface area contributed by atoms with Gasteiger partial charge >= 0.3 is 6.03 Å². The fourth-order valence-electron chi connectivity index (χ4n) is 2.72. The zero-order valence-corrected chi connectivity index (χ0v) is 15.7. The van der Waals surface area contributed by atoms with E-state index in [-0.39, 0.29) is 0 Å². The molecular weight excluding hydrogens is 358 g/mol. The Kier molecular flexibility index (Phi) is 5.46. The highest BCUT2D eigenvalue weighted by atomic mass is 16.5. The second-order valence-electron chi connectivity index (χ2n) is 5.91. The summed E-state index contributed by atoms with van der Waals surface area (Å²) in [5.74, 6) is 1.23. The molecule has 1 heterocycles. The maximum atomic E-state index is 12.5. The molecule has 2 aromatic carbocycles. The number of carbonyl (C=O) groups excluding carboxylic acids is 1. The SMILES string of the molecule is COc1ccc(OC)c(-c2n[nH]c(C)c2NC(=O)Nc2cccc(C#N)c2)c1. The van der Waals surface area contributed by atoms with Crippen LogP contribution < -0.4 is 20.1 Å².